The van der Waals surface area contributed by atoms with E-state index in [4.69, 9.17) is 0 Å². The summed E-state index contributed by atoms with van der Waals surface area (Å²) in [7, 11) is 0. The summed E-state index contributed by atoms with van der Waals surface area (Å²) in [4.78, 5) is 17.3. The van der Waals surface area contributed by atoms with E-state index in [1.807, 2.05) is 35.2 Å². The van der Waals surface area contributed by atoms with E-state index in [9.17, 15) is 9.90 Å². The lowest BCUT2D eigenvalue weighted by atomic mass is 9.98. The Labute approximate surface area is 150 Å². The maximum absolute atomic E-state index is 12.8. The van der Waals surface area contributed by atoms with Gasteiger partial charge < -0.3 is 20.2 Å². The van der Waals surface area contributed by atoms with Gasteiger partial charge in [0.2, 0.25) is 0 Å². The summed E-state index contributed by atoms with van der Waals surface area (Å²) in [6.07, 6.45) is 6.16. The molecule has 2 saturated heterocycles. The second-order valence-electron chi connectivity index (χ2n) is 7.81. The van der Waals surface area contributed by atoms with E-state index in [1.54, 1.807) is 0 Å². The van der Waals surface area contributed by atoms with Gasteiger partial charge in [-0.1, -0.05) is 30.3 Å². The molecule has 5 nitrogen and oxygen atoms in total. The van der Waals surface area contributed by atoms with Gasteiger partial charge in [0.15, 0.2) is 0 Å². The number of urea groups is 1. The van der Waals surface area contributed by atoms with Crippen LogP contribution in [0, 0.1) is 0 Å². The van der Waals surface area contributed by atoms with E-state index in [-0.39, 0.29) is 12.1 Å². The average molecular weight is 343 g/mol. The number of carbonyl (C=O) groups excluding carboxylic acids is 1. The largest absolute Gasteiger partial charge is 0.387 e. The topological polar surface area (TPSA) is 55.8 Å². The number of amides is 2. The Bertz CT molecular complexity index is 590. The van der Waals surface area contributed by atoms with Gasteiger partial charge in [-0.2, -0.15) is 0 Å². The number of piperidine rings is 1. The van der Waals surface area contributed by atoms with Crippen LogP contribution >= 0.6 is 0 Å². The highest BCUT2D eigenvalue weighted by molar-refractivity contribution is 5.75. The smallest absolute Gasteiger partial charge is 0.317 e. The lowest BCUT2D eigenvalue weighted by molar-refractivity contribution is 0.111. The van der Waals surface area contributed by atoms with E-state index < -0.39 is 6.10 Å². The summed E-state index contributed by atoms with van der Waals surface area (Å²) in [5.74, 6) is 0. The summed E-state index contributed by atoms with van der Waals surface area (Å²) >= 11 is 0. The summed E-state index contributed by atoms with van der Waals surface area (Å²) in [5, 5.41) is 13.8. The predicted molar refractivity (Wildman–Crippen MR) is 97.3 cm³/mol. The van der Waals surface area contributed by atoms with E-state index >= 15 is 0 Å². The number of benzene rings is 1. The summed E-state index contributed by atoms with van der Waals surface area (Å²) in [6.45, 7) is 2.71. The normalized spacial score (nSPS) is 27.6. The van der Waals surface area contributed by atoms with Crippen LogP contribution in [0.2, 0.25) is 0 Å². The third-order valence-electron chi connectivity index (χ3n) is 5.95. The second kappa shape index (κ2) is 7.34. The zero-order valence-corrected chi connectivity index (χ0v) is 14.8. The Balaban J connectivity index is 1.35. The maximum Gasteiger partial charge on any atom is 0.317 e. The molecule has 2 amide bonds. The fourth-order valence-corrected chi connectivity index (χ4v) is 4.36. The number of hydrogen-bond donors (Lipinski definition) is 2. The van der Waals surface area contributed by atoms with Crippen molar-refractivity contribution in [2.45, 2.75) is 62.8 Å². The van der Waals surface area contributed by atoms with Crippen LogP contribution in [0.4, 0.5) is 4.79 Å². The van der Waals surface area contributed by atoms with Gasteiger partial charge in [-0.25, -0.2) is 4.79 Å². The van der Waals surface area contributed by atoms with E-state index in [0.717, 1.165) is 37.8 Å². The molecule has 3 atom stereocenters. The Morgan fingerprint density at radius 3 is 2.76 bits per heavy atom. The molecule has 1 aromatic carbocycles. The fourth-order valence-electron chi connectivity index (χ4n) is 4.36. The number of aliphatic hydroxyl groups excluding tert-OH is 1. The standard InChI is InChI=1S/C20H29N3O2/c24-19(15-5-2-1-3-6-15)14-23(17-8-9-17)20(25)21-16-10-12-22-11-4-7-18(22)13-16/h1-3,5-6,16-19,24H,4,7-14H2,(H,21,25)/t16-,18-,19+/m1/s1. The molecule has 2 heterocycles. The highest BCUT2D eigenvalue weighted by atomic mass is 16.3. The first kappa shape index (κ1) is 16.9. The zero-order chi connectivity index (χ0) is 17.2. The van der Waals surface area contributed by atoms with Crippen LogP contribution in [0.15, 0.2) is 30.3 Å². The second-order valence-corrected chi connectivity index (χ2v) is 7.81. The molecule has 5 heteroatoms. The summed E-state index contributed by atoms with van der Waals surface area (Å²) in [6, 6.07) is 10.9. The lowest BCUT2D eigenvalue weighted by Gasteiger charge is -2.36. The minimum atomic E-state index is -0.621. The minimum absolute atomic E-state index is 0.00827. The first-order chi connectivity index (χ1) is 12.2. The molecule has 0 radical (unpaired) electrons. The van der Waals surface area contributed by atoms with E-state index in [2.05, 4.69) is 10.2 Å². The number of nitrogens with one attached hydrogen (secondary N) is 1. The molecular formula is C20H29N3O2. The van der Waals surface area contributed by atoms with Crippen LogP contribution < -0.4 is 5.32 Å². The van der Waals surface area contributed by atoms with Crippen molar-refractivity contribution >= 4 is 6.03 Å². The summed E-state index contributed by atoms with van der Waals surface area (Å²) < 4.78 is 0. The number of aliphatic hydroxyl groups is 1. The van der Waals surface area contributed by atoms with Gasteiger partial charge in [0, 0.05) is 24.7 Å². The van der Waals surface area contributed by atoms with Crippen LogP contribution in [0.5, 0.6) is 0 Å². The number of carbonyl (C=O) groups is 1. The maximum atomic E-state index is 12.8. The van der Waals surface area contributed by atoms with Gasteiger partial charge >= 0.3 is 6.03 Å². The van der Waals surface area contributed by atoms with Crippen LogP contribution in [-0.4, -0.2) is 58.7 Å². The van der Waals surface area contributed by atoms with Gasteiger partial charge in [-0.05, 0) is 50.6 Å². The molecule has 2 N–H and O–H groups in total. The van der Waals surface area contributed by atoms with Crippen molar-refractivity contribution in [1.29, 1.82) is 0 Å². The van der Waals surface area contributed by atoms with Gasteiger partial charge in [-0.15, -0.1) is 0 Å². The lowest BCUT2D eigenvalue weighted by Crippen LogP contribution is -2.52. The molecule has 0 aromatic heterocycles. The predicted octanol–water partition coefficient (Wildman–Crippen LogP) is 2.52. The number of nitrogens with zero attached hydrogens (tertiary/aromatic N) is 2. The van der Waals surface area contributed by atoms with Gasteiger partial charge in [0.1, 0.15) is 0 Å². The van der Waals surface area contributed by atoms with E-state index in [0.29, 0.717) is 18.6 Å². The quantitative estimate of drug-likeness (QED) is 0.864. The van der Waals surface area contributed by atoms with Crippen LogP contribution in [0.1, 0.15) is 50.2 Å². The molecule has 2 aliphatic heterocycles. The van der Waals surface area contributed by atoms with Gasteiger partial charge in [0.05, 0.1) is 12.6 Å². The summed E-state index contributed by atoms with van der Waals surface area (Å²) in [5.41, 5.74) is 0.875. The zero-order valence-electron chi connectivity index (χ0n) is 14.8. The Kier molecular flexibility index (Phi) is 4.95. The third-order valence-corrected chi connectivity index (χ3v) is 5.95. The number of fused-ring (bicyclic) bond motifs is 1. The van der Waals surface area contributed by atoms with Crippen molar-refractivity contribution in [3.8, 4) is 0 Å². The monoisotopic (exact) mass is 343 g/mol. The van der Waals surface area contributed by atoms with Crippen LogP contribution in [0.3, 0.4) is 0 Å². The Hall–Kier alpha value is -1.59. The molecule has 1 aromatic rings. The molecule has 25 heavy (non-hydrogen) atoms. The van der Waals surface area contributed by atoms with Crippen molar-refractivity contribution in [1.82, 2.24) is 15.1 Å². The van der Waals surface area contributed by atoms with Crippen LogP contribution in [-0.2, 0) is 0 Å². The van der Waals surface area contributed by atoms with Gasteiger partial charge in [0.25, 0.3) is 0 Å². The van der Waals surface area contributed by atoms with Crippen molar-refractivity contribution in [2.24, 2.45) is 0 Å². The molecule has 1 aliphatic carbocycles. The number of rotatable bonds is 5. The molecule has 3 fully saturated rings. The fraction of sp³-hybridized carbons (Fsp3) is 0.650. The van der Waals surface area contributed by atoms with Crippen molar-refractivity contribution in [3.05, 3.63) is 35.9 Å². The molecule has 0 bridgehead atoms. The SMILES string of the molecule is O=C(N[C@@H]1CCN2CCC[C@@H]2C1)N(C[C@H](O)c1ccccc1)C1CC1. The van der Waals surface area contributed by atoms with Gasteiger partial charge in [-0.3, -0.25) is 0 Å². The minimum Gasteiger partial charge on any atom is -0.387 e. The number of hydrogen-bond acceptors (Lipinski definition) is 3. The highest BCUT2D eigenvalue weighted by Crippen LogP contribution is 2.30. The Morgan fingerprint density at radius 1 is 1.20 bits per heavy atom. The molecule has 0 unspecified atom stereocenters. The average Bonchev–Trinajstić information content (AvgIpc) is 3.37. The highest BCUT2D eigenvalue weighted by Gasteiger charge is 2.37. The molecular weight excluding hydrogens is 314 g/mol. The first-order valence-electron chi connectivity index (χ1n) is 9.75. The van der Waals surface area contributed by atoms with E-state index in [1.165, 1.54) is 19.4 Å². The molecule has 0 spiro atoms. The van der Waals surface area contributed by atoms with Crippen LogP contribution in [0.25, 0.3) is 0 Å². The van der Waals surface area contributed by atoms with Crippen molar-refractivity contribution < 1.29 is 9.90 Å². The Morgan fingerprint density at radius 2 is 2.00 bits per heavy atom. The third kappa shape index (κ3) is 3.98. The molecule has 4 rings (SSSR count). The van der Waals surface area contributed by atoms with Crippen molar-refractivity contribution in [3.63, 3.8) is 0 Å². The molecule has 3 aliphatic rings. The van der Waals surface area contributed by atoms with Crippen molar-refractivity contribution in [2.75, 3.05) is 19.6 Å². The molecule has 1 saturated carbocycles. The first-order valence-corrected chi connectivity index (χ1v) is 9.75. The molecule has 136 valence electrons.